The number of benzene rings is 2. The number of likely N-dealkylation sites (N-methyl/N-ethyl adjacent to an activating group) is 1. The number of nitrogens with zero attached hydrogens (tertiary/aromatic N) is 2. The van der Waals surface area contributed by atoms with Gasteiger partial charge in [-0.2, -0.15) is 5.23 Å². The Balaban J connectivity index is 2.19. The molecule has 0 radical (unpaired) electrons. The van der Waals surface area contributed by atoms with Gasteiger partial charge in [-0.05, 0) is 24.3 Å². The van der Waals surface area contributed by atoms with Crippen LogP contribution in [0, 0.1) is 5.21 Å². The van der Waals surface area contributed by atoms with Gasteiger partial charge >= 0.3 is 0 Å². The number of fused-ring (bicyclic) bond motifs is 2. The summed E-state index contributed by atoms with van der Waals surface area (Å²) in [6.45, 7) is 1.58. The summed E-state index contributed by atoms with van der Waals surface area (Å²) in [4.78, 5) is 6.77. The van der Waals surface area contributed by atoms with E-state index in [4.69, 9.17) is 4.74 Å². The molecule has 7 nitrogen and oxygen atoms in total. The van der Waals surface area contributed by atoms with Crippen LogP contribution >= 0.6 is 0 Å². The quantitative estimate of drug-likeness (QED) is 0.491. The second-order valence-corrected chi connectivity index (χ2v) is 5.88. The van der Waals surface area contributed by atoms with Crippen molar-refractivity contribution in [1.82, 2.24) is 4.98 Å². The van der Waals surface area contributed by atoms with E-state index in [2.05, 4.69) is 15.2 Å². The maximum Gasteiger partial charge on any atom is 0.190 e. The van der Waals surface area contributed by atoms with Gasteiger partial charge in [-0.25, -0.2) is 10.2 Å². The Bertz CT molecular complexity index is 942. The molecule has 0 fully saturated rings. The summed E-state index contributed by atoms with van der Waals surface area (Å²) in [5.41, 5.74) is 3.36. The van der Waals surface area contributed by atoms with Crippen LogP contribution in [-0.4, -0.2) is 37.4 Å². The number of quaternary nitrogens is 1. The van der Waals surface area contributed by atoms with Crippen molar-refractivity contribution >= 4 is 38.9 Å². The van der Waals surface area contributed by atoms with Crippen molar-refractivity contribution in [2.75, 3.05) is 37.5 Å². The summed E-state index contributed by atoms with van der Waals surface area (Å²) in [5.74, 6) is 0.746. The van der Waals surface area contributed by atoms with E-state index >= 15 is 0 Å². The Morgan fingerprint density at radius 1 is 1.33 bits per heavy atom. The minimum Gasteiger partial charge on any atom is -0.595 e. The number of pyridine rings is 1. The highest BCUT2D eigenvalue weighted by Crippen LogP contribution is 2.41. The highest BCUT2D eigenvalue weighted by molar-refractivity contribution is 6.15. The number of hydrogen-bond acceptors (Lipinski definition) is 6. The molecule has 2 aromatic carbocycles. The molecule has 3 aromatic rings. The SMILES string of the molecule is COc1ccc2nc3c([NH+]([O-])O)ccc4c3c(c2c1)NCCN4C. The minimum atomic E-state index is -0.972. The van der Waals surface area contributed by atoms with Crippen molar-refractivity contribution in [3.63, 3.8) is 0 Å². The third-order valence-electron chi connectivity index (χ3n) is 4.50. The molecule has 124 valence electrons. The number of nitrogens with one attached hydrogen (secondary N) is 2. The summed E-state index contributed by atoms with van der Waals surface area (Å²) >= 11 is 0. The number of hydrogen-bond donors (Lipinski definition) is 3. The van der Waals surface area contributed by atoms with Gasteiger partial charge in [0.05, 0.1) is 23.7 Å². The second-order valence-electron chi connectivity index (χ2n) is 5.88. The Hall–Kier alpha value is -2.61. The molecular weight excluding hydrogens is 308 g/mol. The maximum atomic E-state index is 11.7. The first-order chi connectivity index (χ1) is 11.6. The molecule has 0 aliphatic carbocycles. The van der Waals surface area contributed by atoms with Crippen LogP contribution in [0.2, 0.25) is 0 Å². The van der Waals surface area contributed by atoms with Crippen LogP contribution < -0.4 is 20.2 Å². The molecule has 24 heavy (non-hydrogen) atoms. The van der Waals surface area contributed by atoms with Crippen LogP contribution in [0.1, 0.15) is 0 Å². The van der Waals surface area contributed by atoms with Gasteiger partial charge in [0, 0.05) is 37.3 Å². The van der Waals surface area contributed by atoms with E-state index in [-0.39, 0.29) is 5.69 Å². The Labute approximate surface area is 138 Å². The molecule has 2 heterocycles. The van der Waals surface area contributed by atoms with Crippen LogP contribution in [0.4, 0.5) is 17.1 Å². The zero-order valence-electron chi connectivity index (χ0n) is 13.5. The monoisotopic (exact) mass is 326 g/mol. The molecule has 3 N–H and O–H groups in total. The Morgan fingerprint density at radius 3 is 2.92 bits per heavy atom. The van der Waals surface area contributed by atoms with E-state index in [1.165, 1.54) is 0 Å². The van der Waals surface area contributed by atoms with E-state index in [1.54, 1.807) is 13.2 Å². The molecule has 0 bridgehead atoms. The fourth-order valence-electron chi connectivity index (χ4n) is 3.28. The van der Waals surface area contributed by atoms with Crippen molar-refractivity contribution in [3.05, 3.63) is 35.5 Å². The molecular formula is C17H18N4O3. The van der Waals surface area contributed by atoms with Gasteiger partial charge in [-0.15, -0.1) is 0 Å². The van der Waals surface area contributed by atoms with E-state index < -0.39 is 5.23 Å². The molecule has 0 saturated carbocycles. The Morgan fingerprint density at radius 2 is 2.17 bits per heavy atom. The van der Waals surface area contributed by atoms with Crippen LogP contribution in [0.3, 0.4) is 0 Å². The van der Waals surface area contributed by atoms with Crippen molar-refractivity contribution in [2.24, 2.45) is 0 Å². The van der Waals surface area contributed by atoms with Crippen LogP contribution in [0.15, 0.2) is 30.3 Å². The number of methoxy groups -OCH3 is 1. The van der Waals surface area contributed by atoms with Crippen molar-refractivity contribution in [3.8, 4) is 5.75 Å². The predicted octanol–water partition coefficient (Wildman–Crippen LogP) is 1.66. The summed E-state index contributed by atoms with van der Waals surface area (Å²) in [5, 5.41) is 25.5. The third-order valence-corrected chi connectivity index (χ3v) is 4.50. The summed E-state index contributed by atoms with van der Waals surface area (Å²) in [6, 6.07) is 9.12. The lowest BCUT2D eigenvalue weighted by molar-refractivity contribution is -0.990. The van der Waals surface area contributed by atoms with E-state index in [9.17, 15) is 10.4 Å². The zero-order chi connectivity index (χ0) is 16.8. The van der Waals surface area contributed by atoms with E-state index in [0.29, 0.717) is 5.52 Å². The lowest BCUT2D eigenvalue weighted by Crippen LogP contribution is -2.99. The van der Waals surface area contributed by atoms with Gasteiger partial charge in [-0.3, -0.25) is 0 Å². The van der Waals surface area contributed by atoms with E-state index in [1.807, 2.05) is 31.3 Å². The van der Waals surface area contributed by atoms with Crippen LogP contribution in [0.25, 0.3) is 21.8 Å². The molecule has 0 spiro atoms. The predicted molar refractivity (Wildman–Crippen MR) is 93.3 cm³/mol. The molecule has 4 rings (SSSR count). The molecule has 1 aliphatic rings. The molecule has 1 aliphatic heterocycles. The van der Waals surface area contributed by atoms with Crippen molar-refractivity contribution in [2.45, 2.75) is 0 Å². The first kappa shape index (κ1) is 14.9. The topological polar surface area (TPSA) is 85.1 Å². The highest BCUT2D eigenvalue weighted by Gasteiger charge is 2.22. The summed E-state index contributed by atoms with van der Waals surface area (Å²) < 4.78 is 5.34. The largest absolute Gasteiger partial charge is 0.595 e. The van der Waals surface area contributed by atoms with Gasteiger partial charge < -0.3 is 20.2 Å². The van der Waals surface area contributed by atoms with Gasteiger partial charge in [0.2, 0.25) is 0 Å². The zero-order valence-corrected chi connectivity index (χ0v) is 13.5. The first-order valence-corrected chi connectivity index (χ1v) is 7.73. The van der Waals surface area contributed by atoms with Crippen LogP contribution in [0.5, 0.6) is 5.75 Å². The normalized spacial score (nSPS) is 15.2. The molecule has 0 saturated heterocycles. The Kier molecular flexibility index (Phi) is 3.42. The number of aromatic nitrogens is 1. The van der Waals surface area contributed by atoms with Crippen molar-refractivity contribution < 1.29 is 15.2 Å². The molecule has 1 atom stereocenters. The fourth-order valence-corrected chi connectivity index (χ4v) is 3.28. The molecule has 1 unspecified atom stereocenters. The average Bonchev–Trinajstić information content (AvgIpc) is 2.75. The maximum absolute atomic E-state index is 11.7. The van der Waals surface area contributed by atoms with Gasteiger partial charge in [-0.1, -0.05) is 0 Å². The lowest BCUT2D eigenvalue weighted by Gasteiger charge is -2.21. The summed E-state index contributed by atoms with van der Waals surface area (Å²) in [7, 11) is 3.63. The van der Waals surface area contributed by atoms with Crippen molar-refractivity contribution in [1.29, 1.82) is 0 Å². The van der Waals surface area contributed by atoms with Gasteiger partial charge in [0.1, 0.15) is 11.3 Å². The molecule has 7 heteroatoms. The standard InChI is InChI=1S/C17H18N4O3/c1-20-8-7-18-16-11-9-10(24-2)3-4-12(11)19-17-14(21(22)23)6-5-13(20)15(16)17/h3-6,9,18,21-22H,7-8H2,1-2H3. The number of ether oxygens (including phenoxy) is 1. The third kappa shape index (κ3) is 2.14. The highest BCUT2D eigenvalue weighted by atomic mass is 16.8. The molecule has 0 amide bonds. The second kappa shape index (κ2) is 5.48. The van der Waals surface area contributed by atoms with Gasteiger partial charge in [0.25, 0.3) is 0 Å². The first-order valence-electron chi connectivity index (χ1n) is 7.73. The average molecular weight is 326 g/mol. The van der Waals surface area contributed by atoms with Crippen LogP contribution in [-0.2, 0) is 0 Å². The number of rotatable bonds is 2. The minimum absolute atomic E-state index is 0.213. The van der Waals surface area contributed by atoms with Gasteiger partial charge in [0.15, 0.2) is 5.69 Å². The number of anilines is 2. The smallest absolute Gasteiger partial charge is 0.190 e. The fraction of sp³-hybridized carbons (Fsp3) is 0.235. The lowest BCUT2D eigenvalue weighted by atomic mass is 10.0. The summed E-state index contributed by atoms with van der Waals surface area (Å²) in [6.07, 6.45) is 0. The molecule has 1 aromatic heterocycles. The van der Waals surface area contributed by atoms with E-state index in [0.717, 1.165) is 46.5 Å².